The molecule has 3 rings (SSSR count). The Morgan fingerprint density at radius 2 is 1.86 bits per heavy atom. The van der Waals surface area contributed by atoms with Crippen LogP contribution in [-0.2, 0) is 0 Å². The topological polar surface area (TPSA) is 51.7 Å². The van der Waals surface area contributed by atoms with Gasteiger partial charge in [0.15, 0.2) is 0 Å². The molecule has 1 aliphatic heterocycles. The predicted molar refractivity (Wildman–Crippen MR) is 115 cm³/mol. The number of pyridine rings is 1. The first-order valence-electron chi connectivity index (χ1n) is 9.98. The molecule has 0 bridgehead atoms. The number of nitrogens with zero attached hydrogens (tertiary/aromatic N) is 4. The van der Waals surface area contributed by atoms with Gasteiger partial charge in [-0.3, -0.25) is 4.79 Å². The van der Waals surface area contributed by atoms with Crippen LogP contribution in [0.2, 0.25) is 0 Å². The molecule has 0 aliphatic carbocycles. The molecule has 150 valence electrons. The van der Waals surface area contributed by atoms with Gasteiger partial charge in [-0.05, 0) is 63.8 Å². The van der Waals surface area contributed by atoms with Gasteiger partial charge in [-0.1, -0.05) is 12.1 Å². The number of rotatable bonds is 7. The summed E-state index contributed by atoms with van der Waals surface area (Å²) < 4.78 is 0. The van der Waals surface area contributed by atoms with E-state index >= 15 is 0 Å². The molecular formula is C22H31N5O. The van der Waals surface area contributed by atoms with E-state index in [0.717, 1.165) is 45.0 Å². The van der Waals surface area contributed by atoms with Gasteiger partial charge in [0.05, 0.1) is 5.56 Å². The van der Waals surface area contributed by atoms with E-state index in [2.05, 4.69) is 56.2 Å². The third kappa shape index (κ3) is 5.45. The fourth-order valence-electron chi connectivity index (χ4n) is 3.43. The van der Waals surface area contributed by atoms with Gasteiger partial charge in [-0.2, -0.15) is 0 Å². The molecule has 0 radical (unpaired) electrons. The summed E-state index contributed by atoms with van der Waals surface area (Å²) in [4.78, 5) is 23.6. The fourth-order valence-corrected chi connectivity index (χ4v) is 3.43. The minimum absolute atomic E-state index is 0.0536. The summed E-state index contributed by atoms with van der Waals surface area (Å²) in [6.07, 6.45) is 2.62. The van der Waals surface area contributed by atoms with E-state index in [1.54, 1.807) is 6.20 Å². The number of carbonyl (C=O) groups is 1. The highest BCUT2D eigenvalue weighted by molar-refractivity contribution is 5.94. The molecule has 1 aromatic heterocycles. The van der Waals surface area contributed by atoms with E-state index in [9.17, 15) is 4.79 Å². The number of amides is 1. The van der Waals surface area contributed by atoms with E-state index in [1.807, 2.05) is 26.2 Å². The van der Waals surface area contributed by atoms with Crippen molar-refractivity contribution in [1.29, 1.82) is 0 Å². The van der Waals surface area contributed by atoms with E-state index in [1.165, 1.54) is 11.3 Å². The largest absolute Gasteiger partial charge is 0.368 e. The Hall–Kier alpha value is -2.60. The summed E-state index contributed by atoms with van der Waals surface area (Å²) in [5.74, 6) is 0.884. The zero-order chi connectivity index (χ0) is 19.9. The van der Waals surface area contributed by atoms with Crippen molar-refractivity contribution in [2.45, 2.75) is 13.3 Å². The number of aromatic nitrogens is 1. The SMILES string of the molecule is Cc1cccc(N2CCN(c3ccc(C(=O)NCCCN(C)C)cn3)CC2)c1. The lowest BCUT2D eigenvalue weighted by Gasteiger charge is -2.36. The first kappa shape index (κ1) is 20.1. The van der Waals surface area contributed by atoms with Gasteiger partial charge in [-0.25, -0.2) is 4.98 Å². The quantitative estimate of drug-likeness (QED) is 0.747. The molecule has 2 aromatic rings. The summed E-state index contributed by atoms with van der Waals surface area (Å²) in [7, 11) is 4.07. The first-order chi connectivity index (χ1) is 13.5. The monoisotopic (exact) mass is 381 g/mol. The molecule has 6 heteroatoms. The fraction of sp³-hybridized carbons (Fsp3) is 0.455. The smallest absolute Gasteiger partial charge is 0.252 e. The number of hydrogen-bond donors (Lipinski definition) is 1. The molecule has 1 saturated heterocycles. The predicted octanol–water partition coefficient (Wildman–Crippen LogP) is 2.40. The van der Waals surface area contributed by atoms with Gasteiger partial charge in [0.2, 0.25) is 0 Å². The van der Waals surface area contributed by atoms with Crippen LogP contribution in [0.3, 0.4) is 0 Å². The lowest BCUT2D eigenvalue weighted by Crippen LogP contribution is -2.46. The maximum atomic E-state index is 12.2. The van der Waals surface area contributed by atoms with Crippen molar-refractivity contribution in [3.63, 3.8) is 0 Å². The van der Waals surface area contributed by atoms with Crippen molar-refractivity contribution >= 4 is 17.4 Å². The highest BCUT2D eigenvalue weighted by atomic mass is 16.1. The molecule has 0 unspecified atom stereocenters. The summed E-state index contributed by atoms with van der Waals surface area (Å²) in [5, 5.41) is 2.96. The highest BCUT2D eigenvalue weighted by Gasteiger charge is 2.18. The van der Waals surface area contributed by atoms with Crippen LogP contribution in [0.4, 0.5) is 11.5 Å². The van der Waals surface area contributed by atoms with Crippen LogP contribution >= 0.6 is 0 Å². The van der Waals surface area contributed by atoms with Crippen LogP contribution in [0.5, 0.6) is 0 Å². The van der Waals surface area contributed by atoms with Crippen LogP contribution in [0.1, 0.15) is 22.3 Å². The number of hydrogen-bond acceptors (Lipinski definition) is 5. The summed E-state index contributed by atoms with van der Waals surface area (Å²) in [5.41, 5.74) is 3.19. The van der Waals surface area contributed by atoms with Crippen molar-refractivity contribution in [3.05, 3.63) is 53.7 Å². The number of piperazine rings is 1. The van der Waals surface area contributed by atoms with Gasteiger partial charge in [0.25, 0.3) is 5.91 Å². The molecule has 1 fully saturated rings. The van der Waals surface area contributed by atoms with Gasteiger partial charge < -0.3 is 20.0 Å². The lowest BCUT2D eigenvalue weighted by atomic mass is 10.2. The first-order valence-corrected chi connectivity index (χ1v) is 9.98. The number of aryl methyl sites for hydroxylation is 1. The summed E-state index contributed by atoms with van der Waals surface area (Å²) >= 11 is 0. The van der Waals surface area contributed by atoms with E-state index in [-0.39, 0.29) is 5.91 Å². The van der Waals surface area contributed by atoms with Gasteiger partial charge >= 0.3 is 0 Å². The van der Waals surface area contributed by atoms with Crippen LogP contribution in [0, 0.1) is 6.92 Å². The van der Waals surface area contributed by atoms with Crippen molar-refractivity contribution in [2.75, 3.05) is 63.2 Å². The van der Waals surface area contributed by atoms with Gasteiger partial charge in [0, 0.05) is 44.6 Å². The third-order valence-electron chi connectivity index (χ3n) is 5.05. The van der Waals surface area contributed by atoms with Crippen molar-refractivity contribution in [3.8, 4) is 0 Å². The van der Waals surface area contributed by atoms with E-state index in [0.29, 0.717) is 12.1 Å². The lowest BCUT2D eigenvalue weighted by molar-refractivity contribution is 0.0952. The zero-order valence-corrected chi connectivity index (χ0v) is 17.2. The van der Waals surface area contributed by atoms with Crippen molar-refractivity contribution < 1.29 is 4.79 Å². The Morgan fingerprint density at radius 3 is 2.50 bits per heavy atom. The average molecular weight is 382 g/mol. The summed E-state index contributed by atoms with van der Waals surface area (Å²) in [6, 6.07) is 12.5. The number of nitrogens with one attached hydrogen (secondary N) is 1. The Labute approximate surface area is 168 Å². The van der Waals surface area contributed by atoms with Crippen LogP contribution in [0.15, 0.2) is 42.6 Å². The minimum atomic E-state index is -0.0536. The molecule has 2 heterocycles. The Kier molecular flexibility index (Phi) is 6.87. The maximum Gasteiger partial charge on any atom is 0.252 e. The standard InChI is InChI=1S/C22H31N5O/c1-18-6-4-7-20(16-18)26-12-14-27(15-13-26)21-9-8-19(17-24-21)22(28)23-10-5-11-25(2)3/h4,6-9,16-17H,5,10-15H2,1-3H3,(H,23,28). The second kappa shape index (κ2) is 9.55. The molecule has 6 nitrogen and oxygen atoms in total. The number of benzene rings is 1. The third-order valence-corrected chi connectivity index (χ3v) is 5.05. The zero-order valence-electron chi connectivity index (χ0n) is 17.2. The number of carbonyl (C=O) groups excluding carboxylic acids is 1. The average Bonchev–Trinajstić information content (AvgIpc) is 2.71. The van der Waals surface area contributed by atoms with Gasteiger partial charge in [0.1, 0.15) is 5.82 Å². The van der Waals surface area contributed by atoms with Crippen molar-refractivity contribution in [2.24, 2.45) is 0 Å². The molecule has 1 N–H and O–H groups in total. The Bertz CT molecular complexity index is 767. The molecule has 1 aliphatic rings. The second-order valence-electron chi connectivity index (χ2n) is 7.63. The second-order valence-corrected chi connectivity index (χ2v) is 7.63. The molecule has 0 atom stereocenters. The van der Waals surface area contributed by atoms with Crippen LogP contribution < -0.4 is 15.1 Å². The Morgan fingerprint density at radius 1 is 1.11 bits per heavy atom. The van der Waals surface area contributed by atoms with Gasteiger partial charge in [-0.15, -0.1) is 0 Å². The summed E-state index contributed by atoms with van der Waals surface area (Å²) in [6.45, 7) is 7.57. The van der Waals surface area contributed by atoms with Crippen LogP contribution in [0.25, 0.3) is 0 Å². The van der Waals surface area contributed by atoms with Crippen molar-refractivity contribution in [1.82, 2.24) is 15.2 Å². The highest BCUT2D eigenvalue weighted by Crippen LogP contribution is 2.20. The minimum Gasteiger partial charge on any atom is -0.368 e. The molecule has 1 amide bonds. The maximum absolute atomic E-state index is 12.2. The molecule has 28 heavy (non-hydrogen) atoms. The molecule has 0 spiro atoms. The molecular weight excluding hydrogens is 350 g/mol. The van der Waals surface area contributed by atoms with Crippen LogP contribution in [-0.4, -0.2) is 69.2 Å². The molecule has 0 saturated carbocycles. The van der Waals surface area contributed by atoms with E-state index in [4.69, 9.17) is 0 Å². The Balaban J connectivity index is 1.50. The molecule has 1 aromatic carbocycles. The van der Waals surface area contributed by atoms with E-state index < -0.39 is 0 Å². The number of anilines is 2. The normalized spacial score (nSPS) is 14.4.